The zero-order valence-corrected chi connectivity index (χ0v) is 13.6. The van der Waals surface area contributed by atoms with Crippen LogP contribution in [0.25, 0.3) is 11.3 Å². The predicted octanol–water partition coefficient (Wildman–Crippen LogP) is 4.16. The molecule has 0 spiro atoms. The van der Waals surface area contributed by atoms with Crippen LogP contribution in [0.15, 0.2) is 48.8 Å². The molecule has 2 heterocycles. The fourth-order valence-corrected chi connectivity index (χ4v) is 2.54. The quantitative estimate of drug-likeness (QED) is 0.742. The summed E-state index contributed by atoms with van der Waals surface area (Å²) in [5, 5.41) is 10.6. The molecule has 23 heavy (non-hydrogen) atoms. The van der Waals surface area contributed by atoms with Crippen molar-refractivity contribution in [3.63, 3.8) is 0 Å². The normalized spacial score (nSPS) is 12.3. The molecule has 3 rings (SSSR count). The van der Waals surface area contributed by atoms with Crippen LogP contribution in [-0.4, -0.2) is 20.2 Å². The van der Waals surface area contributed by atoms with Gasteiger partial charge in [0.2, 0.25) is 5.95 Å². The first-order chi connectivity index (χ1) is 11.1. The number of anilines is 1. The number of benzene rings is 1. The molecular formula is C18H21N5. The predicted molar refractivity (Wildman–Crippen MR) is 92.2 cm³/mol. The molecule has 1 atom stereocenters. The van der Waals surface area contributed by atoms with Gasteiger partial charge in [0.15, 0.2) is 0 Å². The lowest BCUT2D eigenvalue weighted by molar-refractivity contribution is 0.811. The highest BCUT2D eigenvalue weighted by Crippen LogP contribution is 2.26. The highest BCUT2D eigenvalue weighted by Gasteiger charge is 2.13. The SMILES string of the molecule is CC(C)c1[nH]ncc1-c1ccnc(NC(C)c2ccccc2)n1. The topological polar surface area (TPSA) is 66.5 Å². The summed E-state index contributed by atoms with van der Waals surface area (Å²) in [5.74, 6) is 0.983. The highest BCUT2D eigenvalue weighted by molar-refractivity contribution is 5.62. The molecule has 2 aromatic heterocycles. The molecule has 1 aromatic carbocycles. The highest BCUT2D eigenvalue weighted by atomic mass is 15.1. The van der Waals surface area contributed by atoms with Gasteiger partial charge in [-0.25, -0.2) is 9.97 Å². The molecule has 2 N–H and O–H groups in total. The van der Waals surface area contributed by atoms with E-state index < -0.39 is 0 Å². The Bertz CT molecular complexity index is 764. The molecular weight excluding hydrogens is 286 g/mol. The van der Waals surface area contributed by atoms with Crippen LogP contribution in [0, 0.1) is 0 Å². The number of hydrogen-bond acceptors (Lipinski definition) is 4. The standard InChI is InChI=1S/C18H21N5/c1-12(2)17-15(11-20-23-17)16-9-10-19-18(22-16)21-13(3)14-7-5-4-6-8-14/h4-13H,1-3H3,(H,20,23)(H,19,21,22). The van der Waals surface area contributed by atoms with Crippen molar-refractivity contribution in [1.29, 1.82) is 0 Å². The summed E-state index contributed by atoms with van der Waals surface area (Å²) in [6.45, 7) is 6.37. The number of H-pyrrole nitrogens is 1. The van der Waals surface area contributed by atoms with Crippen molar-refractivity contribution in [3.05, 3.63) is 60.0 Å². The lowest BCUT2D eigenvalue weighted by Gasteiger charge is -2.14. The lowest BCUT2D eigenvalue weighted by atomic mass is 10.0. The van der Waals surface area contributed by atoms with E-state index in [1.165, 1.54) is 5.56 Å². The van der Waals surface area contributed by atoms with Gasteiger partial charge in [-0.05, 0) is 24.5 Å². The van der Waals surface area contributed by atoms with Crippen molar-refractivity contribution in [1.82, 2.24) is 20.2 Å². The van der Waals surface area contributed by atoms with Crippen molar-refractivity contribution in [2.75, 3.05) is 5.32 Å². The Kier molecular flexibility index (Phi) is 4.37. The maximum atomic E-state index is 4.64. The molecule has 5 nitrogen and oxygen atoms in total. The Morgan fingerprint density at radius 2 is 1.83 bits per heavy atom. The first-order valence-corrected chi connectivity index (χ1v) is 7.83. The van der Waals surface area contributed by atoms with Crippen LogP contribution < -0.4 is 5.32 Å². The van der Waals surface area contributed by atoms with Crippen LogP contribution >= 0.6 is 0 Å². The molecule has 0 aliphatic heterocycles. The van der Waals surface area contributed by atoms with Crippen molar-refractivity contribution in [2.45, 2.75) is 32.7 Å². The molecule has 0 saturated heterocycles. The molecule has 118 valence electrons. The number of rotatable bonds is 5. The van der Waals surface area contributed by atoms with Gasteiger partial charge in [0, 0.05) is 17.5 Å². The molecule has 0 fully saturated rings. The average Bonchev–Trinajstić information content (AvgIpc) is 3.06. The fraction of sp³-hybridized carbons (Fsp3) is 0.278. The minimum atomic E-state index is 0.139. The molecule has 0 aliphatic carbocycles. The van der Waals surface area contributed by atoms with Gasteiger partial charge in [0.1, 0.15) is 0 Å². The van der Waals surface area contributed by atoms with Gasteiger partial charge >= 0.3 is 0 Å². The number of nitrogens with zero attached hydrogens (tertiary/aromatic N) is 3. The molecule has 3 aromatic rings. The van der Waals surface area contributed by atoms with Gasteiger partial charge in [0.25, 0.3) is 0 Å². The van der Waals surface area contributed by atoms with Crippen LogP contribution in [0.5, 0.6) is 0 Å². The third-order valence-electron chi connectivity index (χ3n) is 3.82. The molecule has 0 amide bonds. The van der Waals surface area contributed by atoms with Gasteiger partial charge in [0.05, 0.1) is 17.9 Å². The van der Waals surface area contributed by atoms with E-state index in [-0.39, 0.29) is 6.04 Å². The summed E-state index contributed by atoms with van der Waals surface area (Å²) < 4.78 is 0. The summed E-state index contributed by atoms with van der Waals surface area (Å²) >= 11 is 0. The van der Waals surface area contributed by atoms with E-state index in [1.807, 2.05) is 30.5 Å². The van der Waals surface area contributed by atoms with Crippen LogP contribution in [0.2, 0.25) is 0 Å². The van der Waals surface area contributed by atoms with Crippen LogP contribution in [0.1, 0.15) is 44.0 Å². The third-order valence-corrected chi connectivity index (χ3v) is 3.82. The van der Waals surface area contributed by atoms with E-state index in [0.29, 0.717) is 11.9 Å². The van der Waals surface area contributed by atoms with Gasteiger partial charge in [-0.2, -0.15) is 5.10 Å². The third kappa shape index (κ3) is 3.39. The van der Waals surface area contributed by atoms with Crippen molar-refractivity contribution in [3.8, 4) is 11.3 Å². The van der Waals surface area contributed by atoms with E-state index in [9.17, 15) is 0 Å². The van der Waals surface area contributed by atoms with Crippen LogP contribution in [-0.2, 0) is 0 Å². The molecule has 0 saturated carbocycles. The first-order valence-electron chi connectivity index (χ1n) is 7.83. The number of aromatic nitrogens is 4. The van der Waals surface area contributed by atoms with E-state index in [1.54, 1.807) is 6.20 Å². The Labute approximate surface area is 136 Å². The van der Waals surface area contributed by atoms with Crippen molar-refractivity contribution in [2.24, 2.45) is 0 Å². The largest absolute Gasteiger partial charge is 0.348 e. The summed E-state index contributed by atoms with van der Waals surface area (Å²) in [6, 6.07) is 12.3. The molecule has 5 heteroatoms. The van der Waals surface area contributed by atoms with E-state index in [0.717, 1.165) is 17.0 Å². The van der Waals surface area contributed by atoms with E-state index in [2.05, 4.69) is 58.4 Å². The lowest BCUT2D eigenvalue weighted by Crippen LogP contribution is -2.09. The number of hydrogen-bond donors (Lipinski definition) is 2. The second-order valence-corrected chi connectivity index (χ2v) is 5.89. The molecule has 0 aliphatic rings. The van der Waals surface area contributed by atoms with Crippen LogP contribution in [0.4, 0.5) is 5.95 Å². The maximum Gasteiger partial charge on any atom is 0.223 e. The number of aromatic amines is 1. The zero-order valence-electron chi connectivity index (χ0n) is 13.6. The van der Waals surface area contributed by atoms with Crippen molar-refractivity contribution < 1.29 is 0 Å². The smallest absolute Gasteiger partial charge is 0.223 e. The Morgan fingerprint density at radius 3 is 2.57 bits per heavy atom. The minimum absolute atomic E-state index is 0.139. The minimum Gasteiger partial charge on any atom is -0.348 e. The second-order valence-electron chi connectivity index (χ2n) is 5.89. The van der Waals surface area contributed by atoms with E-state index in [4.69, 9.17) is 0 Å². The summed E-state index contributed by atoms with van der Waals surface area (Å²) in [4.78, 5) is 8.98. The molecule has 0 bridgehead atoms. The Hall–Kier alpha value is -2.69. The fourth-order valence-electron chi connectivity index (χ4n) is 2.54. The Morgan fingerprint density at radius 1 is 1.04 bits per heavy atom. The Balaban J connectivity index is 1.84. The molecule has 0 radical (unpaired) electrons. The second kappa shape index (κ2) is 6.60. The van der Waals surface area contributed by atoms with E-state index >= 15 is 0 Å². The summed E-state index contributed by atoms with van der Waals surface area (Å²) in [6.07, 6.45) is 3.60. The average molecular weight is 307 g/mol. The first kappa shape index (κ1) is 15.2. The molecule has 1 unspecified atom stereocenters. The maximum absolute atomic E-state index is 4.64. The van der Waals surface area contributed by atoms with Gasteiger partial charge in [-0.1, -0.05) is 44.2 Å². The van der Waals surface area contributed by atoms with Gasteiger partial charge in [-0.15, -0.1) is 0 Å². The van der Waals surface area contributed by atoms with Gasteiger partial charge in [-0.3, -0.25) is 5.10 Å². The van der Waals surface area contributed by atoms with Crippen molar-refractivity contribution >= 4 is 5.95 Å². The summed E-state index contributed by atoms with van der Waals surface area (Å²) in [5.41, 5.74) is 4.19. The monoisotopic (exact) mass is 307 g/mol. The zero-order chi connectivity index (χ0) is 16.2. The summed E-state index contributed by atoms with van der Waals surface area (Å²) in [7, 11) is 0. The number of nitrogens with one attached hydrogen (secondary N) is 2. The van der Waals surface area contributed by atoms with Gasteiger partial charge < -0.3 is 5.32 Å². The van der Waals surface area contributed by atoms with Crippen LogP contribution in [0.3, 0.4) is 0 Å².